The second-order valence-electron chi connectivity index (χ2n) is 10.1. The molecule has 4 aliphatic rings. The van der Waals surface area contributed by atoms with E-state index in [0.29, 0.717) is 0 Å². The molecule has 0 aliphatic heterocycles. The number of halogens is 2. The maximum atomic E-state index is 17.0. The number of carbonyl (C=O) groups is 3. The van der Waals surface area contributed by atoms with Crippen molar-refractivity contribution < 1.29 is 38.1 Å². The van der Waals surface area contributed by atoms with Crippen LogP contribution in [0.5, 0.6) is 0 Å². The quantitative estimate of drug-likeness (QED) is 0.636. The monoisotopic (exact) mass is 452 g/mol. The van der Waals surface area contributed by atoms with E-state index in [9.17, 15) is 24.6 Å². The minimum absolute atomic E-state index is 0.0117. The van der Waals surface area contributed by atoms with E-state index < -0.39 is 70.4 Å². The molecule has 3 saturated carbocycles. The van der Waals surface area contributed by atoms with Crippen molar-refractivity contribution in [3.63, 3.8) is 0 Å². The average Bonchev–Trinajstić information content (AvgIpc) is 3.03. The second kappa shape index (κ2) is 7.29. The molecule has 0 amide bonds. The first-order valence-electron chi connectivity index (χ1n) is 11.2. The summed E-state index contributed by atoms with van der Waals surface area (Å²) in [6.07, 6.45) is 0.422. The van der Waals surface area contributed by atoms with Crippen molar-refractivity contribution in [1.82, 2.24) is 0 Å². The normalized spacial score (nSPS) is 47.2. The third kappa shape index (κ3) is 2.65. The Kier molecular flexibility index (Phi) is 5.29. The third-order valence-corrected chi connectivity index (χ3v) is 8.92. The van der Waals surface area contributed by atoms with Crippen molar-refractivity contribution in [2.24, 2.45) is 22.7 Å². The molecule has 0 aromatic heterocycles. The fourth-order valence-corrected chi connectivity index (χ4v) is 7.27. The molecule has 8 heteroatoms. The molecule has 0 heterocycles. The van der Waals surface area contributed by atoms with Crippen LogP contribution in [-0.4, -0.2) is 57.9 Å². The number of ketones is 2. The zero-order valence-electron chi connectivity index (χ0n) is 18.6. The van der Waals surface area contributed by atoms with E-state index in [4.69, 9.17) is 4.74 Å². The van der Waals surface area contributed by atoms with Gasteiger partial charge in [-0.3, -0.25) is 14.4 Å². The average molecular weight is 452 g/mol. The Balaban J connectivity index is 1.84. The summed E-state index contributed by atoms with van der Waals surface area (Å²) < 4.78 is 38.1. The van der Waals surface area contributed by atoms with Crippen LogP contribution in [-0.2, 0) is 19.1 Å². The fourth-order valence-electron chi connectivity index (χ4n) is 7.27. The summed E-state index contributed by atoms with van der Waals surface area (Å²) in [6, 6.07) is 0. The first kappa shape index (κ1) is 23.2. The molecule has 3 fully saturated rings. The van der Waals surface area contributed by atoms with Gasteiger partial charge in [-0.05, 0) is 56.3 Å². The lowest BCUT2D eigenvalue weighted by Crippen LogP contribution is -2.70. The van der Waals surface area contributed by atoms with Crippen molar-refractivity contribution in [3.05, 3.63) is 23.8 Å². The molecule has 176 valence electrons. The van der Waals surface area contributed by atoms with E-state index in [2.05, 4.69) is 0 Å². The van der Waals surface area contributed by atoms with Crippen molar-refractivity contribution >= 4 is 17.5 Å². The van der Waals surface area contributed by atoms with Crippen LogP contribution in [0.3, 0.4) is 0 Å². The highest BCUT2D eigenvalue weighted by Gasteiger charge is 2.76. The summed E-state index contributed by atoms with van der Waals surface area (Å²) in [5.74, 6) is -3.28. The molecule has 0 unspecified atom stereocenters. The van der Waals surface area contributed by atoms with Gasteiger partial charge in [-0.25, -0.2) is 8.78 Å². The molecule has 0 saturated heterocycles. The van der Waals surface area contributed by atoms with Crippen LogP contribution in [0, 0.1) is 22.7 Å². The Hall–Kier alpha value is -1.93. The highest BCUT2D eigenvalue weighted by Crippen LogP contribution is 2.70. The van der Waals surface area contributed by atoms with Crippen molar-refractivity contribution in [1.29, 1.82) is 0 Å². The number of hydrogen-bond acceptors (Lipinski definition) is 6. The van der Waals surface area contributed by atoms with Crippen molar-refractivity contribution in [2.75, 3.05) is 6.61 Å². The number of rotatable bonds is 4. The van der Waals surface area contributed by atoms with Gasteiger partial charge >= 0.3 is 5.97 Å². The van der Waals surface area contributed by atoms with E-state index in [1.54, 1.807) is 13.8 Å². The number of alkyl halides is 2. The number of aliphatic hydroxyl groups is 2. The molecule has 0 aromatic carbocycles. The number of fused-ring (bicyclic) bond motifs is 5. The third-order valence-electron chi connectivity index (χ3n) is 8.92. The maximum absolute atomic E-state index is 17.0. The second-order valence-corrected chi connectivity index (χ2v) is 10.1. The number of esters is 1. The largest absolute Gasteiger partial charge is 0.450 e. The van der Waals surface area contributed by atoms with E-state index in [-0.39, 0.29) is 37.7 Å². The Morgan fingerprint density at radius 3 is 2.59 bits per heavy atom. The van der Waals surface area contributed by atoms with Crippen LogP contribution in [0.4, 0.5) is 8.78 Å². The minimum Gasteiger partial charge on any atom is -0.450 e. The van der Waals surface area contributed by atoms with Gasteiger partial charge in [0.25, 0.3) is 0 Å². The number of ether oxygens (including phenoxy) is 1. The predicted octanol–water partition coefficient (Wildman–Crippen LogP) is 2.56. The first-order valence-corrected chi connectivity index (χ1v) is 11.2. The van der Waals surface area contributed by atoms with Gasteiger partial charge in [-0.15, -0.1) is 0 Å². The highest BCUT2D eigenvalue weighted by molar-refractivity contribution is 6.01. The Bertz CT molecular complexity index is 929. The van der Waals surface area contributed by atoms with Gasteiger partial charge in [-0.1, -0.05) is 19.9 Å². The zero-order valence-corrected chi connectivity index (χ0v) is 18.6. The number of carbonyl (C=O) groups excluding carboxylic acids is 3. The smallest absolute Gasteiger partial charge is 0.306 e. The molecule has 4 rings (SSSR count). The van der Waals surface area contributed by atoms with Crippen LogP contribution < -0.4 is 0 Å². The summed E-state index contributed by atoms with van der Waals surface area (Å²) in [5, 5.41) is 20.9. The lowest BCUT2D eigenvalue weighted by molar-refractivity contribution is -0.229. The summed E-state index contributed by atoms with van der Waals surface area (Å²) in [6.45, 7) is 3.90. The zero-order chi connectivity index (χ0) is 23.7. The van der Waals surface area contributed by atoms with Crippen LogP contribution in [0.25, 0.3) is 0 Å². The van der Waals surface area contributed by atoms with E-state index in [0.717, 1.165) is 6.08 Å². The van der Waals surface area contributed by atoms with Gasteiger partial charge in [-0.2, -0.15) is 0 Å². The predicted molar refractivity (Wildman–Crippen MR) is 110 cm³/mol. The van der Waals surface area contributed by atoms with Crippen molar-refractivity contribution in [2.45, 2.75) is 76.4 Å². The molecule has 2 N–H and O–H groups in total. The number of allylic oxidation sites excluding steroid dienone is 4. The molecule has 0 aromatic rings. The van der Waals surface area contributed by atoms with Gasteiger partial charge in [0.2, 0.25) is 5.78 Å². The first-order chi connectivity index (χ1) is 14.9. The molecule has 0 spiro atoms. The van der Waals surface area contributed by atoms with Gasteiger partial charge in [0.1, 0.15) is 12.8 Å². The van der Waals surface area contributed by atoms with Crippen LogP contribution in [0.1, 0.15) is 52.9 Å². The SMILES string of the molecule is CCC(=O)O[C@]1(C(=O)CO)CC[C@H]2[C@@H]3C[C@H](F)C4=CC(=O)C=C[C@]4(C)[C@@]3(F)[C@@H](O)C[C@@]21C. The molecule has 0 bridgehead atoms. The van der Waals surface area contributed by atoms with Gasteiger partial charge in [0.15, 0.2) is 17.1 Å². The molecule has 32 heavy (non-hydrogen) atoms. The van der Waals surface area contributed by atoms with E-state index >= 15 is 8.78 Å². The van der Waals surface area contributed by atoms with E-state index in [1.165, 1.54) is 19.1 Å². The minimum atomic E-state index is -2.27. The Labute approximate surface area is 185 Å². The Morgan fingerprint density at radius 1 is 1.28 bits per heavy atom. The van der Waals surface area contributed by atoms with E-state index in [1.807, 2.05) is 0 Å². The van der Waals surface area contributed by atoms with Gasteiger partial charge in [0.05, 0.1) is 6.10 Å². The standard InChI is InChI=1S/C24H30F2O6/c1-4-20(31)32-23(19(30)12-27)8-6-14-15-10-17(25)16-9-13(28)5-7-21(16,2)24(15,26)18(29)11-22(14,23)3/h5,7,9,14-15,17-18,27,29H,4,6,8,10-12H2,1-3H3/t14-,15-,17-,18-,21-,22-,23-,24-/m0/s1. The van der Waals surface area contributed by atoms with Crippen LogP contribution >= 0.6 is 0 Å². The molecule has 8 atom stereocenters. The lowest BCUT2D eigenvalue weighted by atomic mass is 9.44. The molecular weight excluding hydrogens is 422 g/mol. The Morgan fingerprint density at radius 2 is 1.97 bits per heavy atom. The lowest BCUT2D eigenvalue weighted by Gasteiger charge is -2.63. The number of Topliss-reactive ketones (excluding diaryl/α,β-unsaturated/α-hetero) is 1. The van der Waals surface area contributed by atoms with Gasteiger partial charge < -0.3 is 14.9 Å². The molecule has 6 nitrogen and oxygen atoms in total. The molecule has 4 aliphatic carbocycles. The number of hydrogen-bond donors (Lipinski definition) is 2. The summed E-state index contributed by atoms with van der Waals surface area (Å²) in [7, 11) is 0. The summed E-state index contributed by atoms with van der Waals surface area (Å²) in [5.41, 5.74) is -6.64. The maximum Gasteiger partial charge on any atom is 0.306 e. The van der Waals surface area contributed by atoms with Crippen LogP contribution in [0.15, 0.2) is 23.8 Å². The molecule has 0 radical (unpaired) electrons. The summed E-state index contributed by atoms with van der Waals surface area (Å²) >= 11 is 0. The number of aliphatic hydroxyl groups excluding tert-OH is 2. The van der Waals surface area contributed by atoms with Crippen molar-refractivity contribution in [3.8, 4) is 0 Å². The molecular formula is C24H30F2O6. The van der Waals surface area contributed by atoms with Gasteiger partial charge in [0, 0.05) is 23.2 Å². The summed E-state index contributed by atoms with van der Waals surface area (Å²) in [4.78, 5) is 37.1. The van der Waals surface area contributed by atoms with Crippen LogP contribution in [0.2, 0.25) is 0 Å². The fraction of sp³-hybridized carbons (Fsp3) is 0.708. The highest BCUT2D eigenvalue weighted by atomic mass is 19.1. The topological polar surface area (TPSA) is 101 Å².